The monoisotopic (exact) mass is 285 g/mol. The van der Waals surface area contributed by atoms with Crippen LogP contribution in [0.3, 0.4) is 0 Å². The summed E-state index contributed by atoms with van der Waals surface area (Å²) in [4.78, 5) is 0. The van der Waals surface area contributed by atoms with Crippen molar-refractivity contribution in [2.24, 2.45) is 0 Å². The maximum atomic E-state index is 5.86. The molecule has 1 saturated heterocycles. The molecule has 0 spiro atoms. The van der Waals surface area contributed by atoms with Crippen molar-refractivity contribution in [1.82, 2.24) is 5.32 Å². The third-order valence-corrected chi connectivity index (χ3v) is 3.42. The molecule has 0 amide bonds. The molecule has 0 unspecified atom stereocenters. The van der Waals surface area contributed by atoms with E-state index in [9.17, 15) is 0 Å². The topological polar surface area (TPSA) is 30.5 Å². The van der Waals surface area contributed by atoms with Gasteiger partial charge in [0.15, 0.2) is 0 Å². The van der Waals surface area contributed by atoms with E-state index in [1.165, 1.54) is 0 Å². The predicted octanol–water partition coefficient (Wildman–Crippen LogP) is 2.34. The van der Waals surface area contributed by atoms with E-state index in [-0.39, 0.29) is 5.60 Å². The van der Waals surface area contributed by atoms with Gasteiger partial charge in [-0.2, -0.15) is 0 Å². The lowest BCUT2D eigenvalue weighted by molar-refractivity contribution is -0.0767. The van der Waals surface area contributed by atoms with Crippen molar-refractivity contribution < 1.29 is 9.47 Å². The van der Waals surface area contributed by atoms with E-state index < -0.39 is 0 Å². The summed E-state index contributed by atoms with van der Waals surface area (Å²) in [6.07, 6.45) is 0. The summed E-state index contributed by atoms with van der Waals surface area (Å²) >= 11 is 3.47. The Morgan fingerprint density at radius 3 is 2.69 bits per heavy atom. The summed E-state index contributed by atoms with van der Waals surface area (Å²) in [5, 5.41) is 3.21. The van der Waals surface area contributed by atoms with Crippen LogP contribution < -0.4 is 10.1 Å². The fraction of sp³-hybridized carbons (Fsp3) is 0.500. The van der Waals surface area contributed by atoms with Crippen molar-refractivity contribution in [2.45, 2.75) is 19.1 Å². The first-order chi connectivity index (χ1) is 7.63. The highest BCUT2D eigenvalue weighted by Crippen LogP contribution is 2.26. The van der Waals surface area contributed by atoms with Crippen LogP contribution in [0.15, 0.2) is 22.7 Å². The van der Waals surface area contributed by atoms with Gasteiger partial charge in [0.05, 0.1) is 23.8 Å². The van der Waals surface area contributed by atoms with Crippen molar-refractivity contribution in [3.63, 3.8) is 0 Å². The molecule has 16 heavy (non-hydrogen) atoms. The number of nitrogens with one attached hydrogen (secondary N) is 1. The first-order valence-electron chi connectivity index (χ1n) is 5.30. The van der Waals surface area contributed by atoms with Crippen LogP contribution in [0.25, 0.3) is 0 Å². The van der Waals surface area contributed by atoms with Crippen molar-refractivity contribution in [3.05, 3.63) is 28.2 Å². The molecule has 1 aromatic carbocycles. The van der Waals surface area contributed by atoms with E-state index in [1.54, 1.807) is 7.11 Å². The Hall–Kier alpha value is -0.580. The molecule has 1 heterocycles. The fourth-order valence-electron chi connectivity index (χ4n) is 1.64. The Labute approximate surface area is 104 Å². The van der Waals surface area contributed by atoms with Crippen molar-refractivity contribution in [2.75, 3.05) is 20.2 Å². The van der Waals surface area contributed by atoms with Gasteiger partial charge in [-0.3, -0.25) is 0 Å². The second-order valence-electron chi connectivity index (χ2n) is 4.31. The van der Waals surface area contributed by atoms with Gasteiger partial charge in [0.2, 0.25) is 0 Å². The Kier molecular flexibility index (Phi) is 3.52. The number of hydrogen-bond donors (Lipinski definition) is 1. The molecule has 1 fully saturated rings. The van der Waals surface area contributed by atoms with Gasteiger partial charge >= 0.3 is 0 Å². The summed E-state index contributed by atoms with van der Waals surface area (Å²) in [6.45, 7) is 4.64. The summed E-state index contributed by atoms with van der Waals surface area (Å²) in [7, 11) is 1.66. The van der Waals surface area contributed by atoms with E-state index in [2.05, 4.69) is 28.2 Å². The summed E-state index contributed by atoms with van der Waals surface area (Å²) < 4.78 is 12.0. The normalized spacial score (nSPS) is 17.9. The zero-order valence-corrected chi connectivity index (χ0v) is 11.1. The van der Waals surface area contributed by atoms with Crippen LogP contribution in [0, 0.1) is 0 Å². The highest BCUT2D eigenvalue weighted by molar-refractivity contribution is 9.10. The highest BCUT2D eigenvalue weighted by atomic mass is 79.9. The number of ether oxygens (including phenoxy) is 2. The number of rotatable bonds is 4. The van der Waals surface area contributed by atoms with E-state index in [4.69, 9.17) is 9.47 Å². The maximum absolute atomic E-state index is 5.86. The van der Waals surface area contributed by atoms with Crippen molar-refractivity contribution in [3.8, 4) is 5.75 Å². The minimum absolute atomic E-state index is 0.00635. The van der Waals surface area contributed by atoms with Crippen LogP contribution in [0.2, 0.25) is 0 Å². The van der Waals surface area contributed by atoms with Crippen LogP contribution in [0.5, 0.6) is 5.75 Å². The molecule has 4 heteroatoms. The maximum Gasteiger partial charge on any atom is 0.133 e. The second-order valence-corrected chi connectivity index (χ2v) is 5.17. The zero-order chi connectivity index (χ0) is 11.6. The molecule has 1 aliphatic rings. The quantitative estimate of drug-likeness (QED) is 0.921. The molecule has 2 rings (SSSR count). The Morgan fingerprint density at radius 2 is 2.19 bits per heavy atom. The van der Waals surface area contributed by atoms with Crippen LogP contribution in [0.1, 0.15) is 12.5 Å². The average molecular weight is 286 g/mol. The molecule has 1 aliphatic heterocycles. The van der Waals surface area contributed by atoms with Gasteiger partial charge in [-0.25, -0.2) is 0 Å². The van der Waals surface area contributed by atoms with E-state index in [1.807, 2.05) is 18.2 Å². The molecule has 0 aliphatic carbocycles. The van der Waals surface area contributed by atoms with Gasteiger partial charge in [-0.05, 0) is 40.5 Å². The van der Waals surface area contributed by atoms with E-state index in [0.717, 1.165) is 28.9 Å². The molecule has 0 bridgehead atoms. The first kappa shape index (κ1) is 11.9. The number of hydrogen-bond acceptors (Lipinski definition) is 3. The Morgan fingerprint density at radius 1 is 1.44 bits per heavy atom. The third kappa shape index (κ3) is 2.56. The number of benzene rings is 1. The van der Waals surface area contributed by atoms with Crippen LogP contribution >= 0.6 is 15.9 Å². The standard InChI is InChI=1S/C12H16BrNO2/c1-12(7-14-8-12)16-6-9-3-4-11(15-2)10(13)5-9/h3-5,14H,6-8H2,1-2H3. The van der Waals surface area contributed by atoms with Gasteiger partial charge in [-0.15, -0.1) is 0 Å². The molecule has 0 aromatic heterocycles. The molecular formula is C12H16BrNO2. The van der Waals surface area contributed by atoms with Gasteiger partial charge in [0, 0.05) is 13.1 Å². The van der Waals surface area contributed by atoms with Crippen LogP contribution in [0.4, 0.5) is 0 Å². The number of methoxy groups -OCH3 is 1. The van der Waals surface area contributed by atoms with E-state index in [0.29, 0.717) is 6.61 Å². The largest absolute Gasteiger partial charge is 0.496 e. The average Bonchev–Trinajstić information content (AvgIpc) is 2.24. The predicted molar refractivity (Wildman–Crippen MR) is 66.8 cm³/mol. The lowest BCUT2D eigenvalue weighted by atomic mass is 10.00. The second kappa shape index (κ2) is 4.73. The van der Waals surface area contributed by atoms with Gasteiger partial charge in [0.1, 0.15) is 5.75 Å². The SMILES string of the molecule is COc1ccc(COC2(C)CNC2)cc1Br. The molecule has 0 radical (unpaired) electrons. The fourth-order valence-corrected chi connectivity index (χ4v) is 2.22. The van der Waals surface area contributed by atoms with Crippen LogP contribution in [-0.2, 0) is 11.3 Å². The summed E-state index contributed by atoms with van der Waals surface area (Å²) in [6, 6.07) is 6.01. The summed E-state index contributed by atoms with van der Waals surface area (Å²) in [5.41, 5.74) is 1.16. The molecular weight excluding hydrogens is 270 g/mol. The molecule has 0 saturated carbocycles. The Balaban J connectivity index is 1.97. The summed E-state index contributed by atoms with van der Waals surface area (Å²) in [5.74, 6) is 0.847. The van der Waals surface area contributed by atoms with Gasteiger partial charge in [0.25, 0.3) is 0 Å². The minimum Gasteiger partial charge on any atom is -0.496 e. The lowest BCUT2D eigenvalue weighted by Gasteiger charge is -2.39. The lowest BCUT2D eigenvalue weighted by Crippen LogP contribution is -2.58. The molecule has 3 nitrogen and oxygen atoms in total. The Bertz CT molecular complexity index is 377. The van der Waals surface area contributed by atoms with Gasteiger partial charge < -0.3 is 14.8 Å². The molecule has 1 N–H and O–H groups in total. The minimum atomic E-state index is 0.00635. The van der Waals surface area contributed by atoms with Gasteiger partial charge in [-0.1, -0.05) is 6.07 Å². The smallest absolute Gasteiger partial charge is 0.133 e. The third-order valence-electron chi connectivity index (χ3n) is 2.80. The number of halogens is 1. The first-order valence-corrected chi connectivity index (χ1v) is 6.09. The highest BCUT2D eigenvalue weighted by Gasteiger charge is 2.32. The van der Waals surface area contributed by atoms with Crippen LogP contribution in [-0.4, -0.2) is 25.8 Å². The molecule has 88 valence electrons. The molecule has 0 atom stereocenters. The van der Waals surface area contributed by atoms with E-state index >= 15 is 0 Å². The zero-order valence-electron chi connectivity index (χ0n) is 9.55. The van der Waals surface area contributed by atoms with Crippen molar-refractivity contribution >= 4 is 15.9 Å². The molecule has 1 aromatic rings. The van der Waals surface area contributed by atoms with Crippen molar-refractivity contribution in [1.29, 1.82) is 0 Å².